The fraction of sp³-hybridized carbons (Fsp3) is 0.115. The zero-order chi connectivity index (χ0) is 23.2. The van der Waals surface area contributed by atoms with Gasteiger partial charge in [-0.1, -0.05) is 30.3 Å². The van der Waals surface area contributed by atoms with Crippen LogP contribution in [0, 0.1) is 5.82 Å². The van der Waals surface area contributed by atoms with E-state index >= 15 is 0 Å². The molecule has 0 radical (unpaired) electrons. The van der Waals surface area contributed by atoms with Gasteiger partial charge in [-0.3, -0.25) is 9.59 Å². The molecule has 33 heavy (non-hydrogen) atoms. The summed E-state index contributed by atoms with van der Waals surface area (Å²) in [5.41, 5.74) is 3.17. The summed E-state index contributed by atoms with van der Waals surface area (Å²) >= 11 is 0. The molecule has 0 saturated heterocycles. The first-order chi connectivity index (χ1) is 16.0. The van der Waals surface area contributed by atoms with E-state index in [1.165, 1.54) is 12.1 Å². The second kappa shape index (κ2) is 9.91. The Labute approximate surface area is 190 Å². The third-order valence-electron chi connectivity index (χ3n) is 5.16. The van der Waals surface area contributed by atoms with Gasteiger partial charge in [0.15, 0.2) is 0 Å². The van der Waals surface area contributed by atoms with Crippen molar-refractivity contribution in [1.29, 1.82) is 0 Å². The number of halogens is 1. The first-order valence-corrected chi connectivity index (χ1v) is 10.4. The number of methoxy groups -OCH3 is 1. The Balaban J connectivity index is 1.46. The number of hydrogen-bond donors (Lipinski definition) is 2. The summed E-state index contributed by atoms with van der Waals surface area (Å²) < 4.78 is 18.4. The number of aromatic nitrogens is 1. The molecule has 4 aromatic rings. The minimum absolute atomic E-state index is 0.169. The predicted molar refractivity (Wildman–Crippen MR) is 124 cm³/mol. The average Bonchev–Trinajstić information content (AvgIpc) is 2.86. The van der Waals surface area contributed by atoms with Crippen LogP contribution < -0.4 is 15.4 Å². The van der Waals surface area contributed by atoms with Crippen molar-refractivity contribution in [2.75, 3.05) is 13.7 Å². The van der Waals surface area contributed by atoms with Gasteiger partial charge >= 0.3 is 0 Å². The number of carbonyl (C=O) groups excluding carboxylic acids is 2. The van der Waals surface area contributed by atoms with E-state index in [0.717, 1.165) is 11.3 Å². The normalized spacial score (nSPS) is 10.6. The molecule has 1 heterocycles. The van der Waals surface area contributed by atoms with Crippen LogP contribution in [-0.4, -0.2) is 30.5 Å². The molecule has 0 aliphatic carbocycles. The van der Waals surface area contributed by atoms with Crippen molar-refractivity contribution in [1.82, 2.24) is 15.6 Å². The molecule has 1 aromatic heterocycles. The van der Waals surface area contributed by atoms with Crippen LogP contribution in [0.1, 0.15) is 15.9 Å². The van der Waals surface area contributed by atoms with E-state index < -0.39 is 5.91 Å². The van der Waals surface area contributed by atoms with Gasteiger partial charge in [0, 0.05) is 17.5 Å². The lowest BCUT2D eigenvalue weighted by atomic mass is 10.0. The molecule has 0 aliphatic heterocycles. The Morgan fingerprint density at radius 1 is 0.939 bits per heavy atom. The van der Waals surface area contributed by atoms with Crippen LogP contribution in [-0.2, 0) is 11.3 Å². The molecule has 7 heteroatoms. The van der Waals surface area contributed by atoms with Gasteiger partial charge in [0.1, 0.15) is 11.6 Å². The molecule has 166 valence electrons. The van der Waals surface area contributed by atoms with Crippen LogP contribution in [0.4, 0.5) is 4.39 Å². The number of hydrogen-bond acceptors (Lipinski definition) is 4. The first kappa shape index (κ1) is 22.0. The SMILES string of the molecule is COc1ccc(CNC(=O)CNC(=O)c2cc(-c3ccc(F)cc3)nc3ccccc23)cc1. The number of benzene rings is 3. The number of amides is 2. The lowest BCUT2D eigenvalue weighted by Gasteiger charge is -2.11. The smallest absolute Gasteiger partial charge is 0.252 e. The molecular formula is C26H22FN3O3. The Hall–Kier alpha value is -4.26. The Bertz CT molecular complexity index is 1290. The molecule has 0 bridgehead atoms. The third kappa shape index (κ3) is 5.33. The minimum atomic E-state index is -0.392. The lowest BCUT2D eigenvalue weighted by Crippen LogP contribution is -2.36. The summed E-state index contributed by atoms with van der Waals surface area (Å²) in [6.45, 7) is 0.170. The quantitative estimate of drug-likeness (QED) is 0.451. The maximum absolute atomic E-state index is 13.3. The number of ether oxygens (including phenoxy) is 1. The van der Waals surface area contributed by atoms with Crippen LogP contribution in [0.2, 0.25) is 0 Å². The third-order valence-corrected chi connectivity index (χ3v) is 5.16. The molecule has 0 fully saturated rings. The number of pyridine rings is 1. The van der Waals surface area contributed by atoms with E-state index in [4.69, 9.17) is 4.74 Å². The van der Waals surface area contributed by atoms with Crippen molar-refractivity contribution in [2.24, 2.45) is 0 Å². The summed E-state index contributed by atoms with van der Waals surface area (Å²) in [5, 5.41) is 6.12. The van der Waals surface area contributed by atoms with E-state index in [-0.39, 0.29) is 18.3 Å². The molecule has 0 spiro atoms. The number of fused-ring (bicyclic) bond motifs is 1. The molecule has 6 nitrogen and oxygen atoms in total. The van der Waals surface area contributed by atoms with E-state index in [1.54, 1.807) is 37.4 Å². The van der Waals surface area contributed by atoms with Crippen molar-refractivity contribution in [2.45, 2.75) is 6.54 Å². The maximum atomic E-state index is 13.3. The second-order valence-electron chi connectivity index (χ2n) is 7.39. The zero-order valence-electron chi connectivity index (χ0n) is 18.0. The monoisotopic (exact) mass is 443 g/mol. The van der Waals surface area contributed by atoms with Gasteiger partial charge in [0.2, 0.25) is 5.91 Å². The molecule has 0 saturated carbocycles. The Morgan fingerprint density at radius 2 is 1.67 bits per heavy atom. The first-order valence-electron chi connectivity index (χ1n) is 10.4. The molecule has 0 aliphatic rings. The topological polar surface area (TPSA) is 80.3 Å². The highest BCUT2D eigenvalue weighted by molar-refractivity contribution is 6.08. The number of rotatable bonds is 7. The summed E-state index contributed by atoms with van der Waals surface area (Å²) in [4.78, 5) is 29.8. The molecule has 0 unspecified atom stereocenters. The minimum Gasteiger partial charge on any atom is -0.497 e. The van der Waals surface area contributed by atoms with Crippen LogP contribution in [0.5, 0.6) is 5.75 Å². The van der Waals surface area contributed by atoms with E-state index in [9.17, 15) is 14.0 Å². The van der Waals surface area contributed by atoms with Crippen molar-refractivity contribution >= 4 is 22.7 Å². The highest BCUT2D eigenvalue weighted by Crippen LogP contribution is 2.25. The van der Waals surface area contributed by atoms with Crippen molar-refractivity contribution in [3.8, 4) is 17.0 Å². The van der Waals surface area contributed by atoms with Gasteiger partial charge in [-0.15, -0.1) is 0 Å². The summed E-state index contributed by atoms with van der Waals surface area (Å²) in [7, 11) is 1.59. The largest absolute Gasteiger partial charge is 0.497 e. The maximum Gasteiger partial charge on any atom is 0.252 e. The lowest BCUT2D eigenvalue weighted by molar-refractivity contribution is -0.120. The van der Waals surface area contributed by atoms with Crippen LogP contribution in [0.25, 0.3) is 22.2 Å². The van der Waals surface area contributed by atoms with Gasteiger partial charge in [0.25, 0.3) is 5.91 Å². The highest BCUT2D eigenvalue weighted by Gasteiger charge is 2.15. The molecule has 2 N–H and O–H groups in total. The number of para-hydroxylation sites is 1. The summed E-state index contributed by atoms with van der Waals surface area (Å²) in [6, 6.07) is 22.2. The molecule has 0 atom stereocenters. The number of nitrogens with zero attached hydrogens (tertiary/aromatic N) is 1. The van der Waals surface area contributed by atoms with Crippen molar-refractivity contribution in [3.05, 3.63) is 95.8 Å². The van der Waals surface area contributed by atoms with Crippen LogP contribution in [0.15, 0.2) is 78.9 Å². The van der Waals surface area contributed by atoms with Crippen molar-refractivity contribution < 1.29 is 18.7 Å². The standard InChI is InChI=1S/C26H22FN3O3/c1-33-20-12-6-17(7-13-20)15-28-25(31)16-29-26(32)22-14-24(18-8-10-19(27)11-9-18)30-23-5-3-2-4-21(22)23/h2-14H,15-16H2,1H3,(H,28,31)(H,29,32). The predicted octanol–water partition coefficient (Wildman–Crippen LogP) is 4.10. The number of carbonyl (C=O) groups is 2. The highest BCUT2D eigenvalue weighted by atomic mass is 19.1. The molecule has 3 aromatic carbocycles. The molecule has 4 rings (SSSR count). The molecular weight excluding hydrogens is 421 g/mol. The van der Waals surface area contributed by atoms with Gasteiger partial charge in [-0.05, 0) is 54.1 Å². The average molecular weight is 443 g/mol. The van der Waals surface area contributed by atoms with Gasteiger partial charge < -0.3 is 15.4 Å². The zero-order valence-corrected chi connectivity index (χ0v) is 18.0. The Kier molecular flexibility index (Phi) is 6.59. The van der Waals surface area contributed by atoms with E-state index in [1.807, 2.05) is 36.4 Å². The fourth-order valence-corrected chi connectivity index (χ4v) is 3.39. The van der Waals surface area contributed by atoms with E-state index in [2.05, 4.69) is 15.6 Å². The Morgan fingerprint density at radius 3 is 2.39 bits per heavy atom. The van der Waals surface area contributed by atoms with E-state index in [0.29, 0.717) is 34.3 Å². The summed E-state index contributed by atoms with van der Waals surface area (Å²) in [5.74, 6) is -0.312. The van der Waals surface area contributed by atoms with Crippen LogP contribution >= 0.6 is 0 Å². The van der Waals surface area contributed by atoms with Crippen LogP contribution in [0.3, 0.4) is 0 Å². The molecule has 2 amide bonds. The number of nitrogens with one attached hydrogen (secondary N) is 2. The van der Waals surface area contributed by atoms with Gasteiger partial charge in [-0.25, -0.2) is 9.37 Å². The van der Waals surface area contributed by atoms with Gasteiger partial charge in [0.05, 0.1) is 30.4 Å². The van der Waals surface area contributed by atoms with Crippen molar-refractivity contribution in [3.63, 3.8) is 0 Å². The van der Waals surface area contributed by atoms with Gasteiger partial charge in [-0.2, -0.15) is 0 Å². The summed E-state index contributed by atoms with van der Waals surface area (Å²) in [6.07, 6.45) is 0. The fourth-order valence-electron chi connectivity index (χ4n) is 3.39. The second-order valence-corrected chi connectivity index (χ2v) is 7.39.